The highest BCUT2D eigenvalue weighted by atomic mass is 32.1. The minimum absolute atomic E-state index is 0.0507. The van der Waals surface area contributed by atoms with Crippen LogP contribution in [-0.2, 0) is 7.05 Å². The zero-order valence-corrected chi connectivity index (χ0v) is 17.0. The summed E-state index contributed by atoms with van der Waals surface area (Å²) >= 11 is 1.53. The lowest BCUT2D eigenvalue weighted by molar-refractivity contribution is 0.183. The number of nitrogens with two attached hydrogens (primary N) is 1. The minimum atomic E-state index is -0.215. The van der Waals surface area contributed by atoms with Gasteiger partial charge in [0, 0.05) is 23.6 Å². The second-order valence-corrected chi connectivity index (χ2v) is 6.84. The van der Waals surface area contributed by atoms with E-state index in [9.17, 15) is 4.39 Å². The molecule has 0 bridgehead atoms. The van der Waals surface area contributed by atoms with Crippen molar-refractivity contribution in [3.63, 3.8) is 0 Å². The molecule has 0 fully saturated rings. The molecule has 142 valence electrons. The number of ether oxygens (including phenoxy) is 1. The average molecular weight is 378 g/mol. The zero-order valence-electron chi connectivity index (χ0n) is 16.2. The molecule has 1 aromatic carbocycles. The van der Waals surface area contributed by atoms with Crippen molar-refractivity contribution in [2.24, 2.45) is 12.8 Å². The summed E-state index contributed by atoms with van der Waals surface area (Å²) in [5.74, 6) is 0.393. The first-order valence-electron chi connectivity index (χ1n) is 9.12. The van der Waals surface area contributed by atoms with Crippen molar-refractivity contribution < 1.29 is 9.13 Å². The van der Waals surface area contributed by atoms with Crippen molar-refractivity contribution in [2.45, 2.75) is 46.6 Å². The summed E-state index contributed by atoms with van der Waals surface area (Å²) in [6.45, 7) is 8.54. The highest BCUT2D eigenvalue weighted by Gasteiger charge is 2.20. The van der Waals surface area contributed by atoms with E-state index in [1.165, 1.54) is 11.3 Å². The molecular weight excluding hydrogens is 349 g/mol. The number of aromatic nitrogens is 2. The van der Waals surface area contributed by atoms with Crippen LogP contribution in [0.25, 0.3) is 21.3 Å². The Hall–Kier alpha value is -1.92. The van der Waals surface area contributed by atoms with Crippen LogP contribution < -0.4 is 10.5 Å². The third-order valence-electron chi connectivity index (χ3n) is 4.16. The van der Waals surface area contributed by atoms with Crippen LogP contribution in [0.2, 0.25) is 0 Å². The molecule has 4 nitrogen and oxygen atoms in total. The van der Waals surface area contributed by atoms with Crippen molar-refractivity contribution in [1.29, 1.82) is 0 Å². The Balaban J connectivity index is 0.00000117. The lowest BCUT2D eigenvalue weighted by atomic mass is 10.1. The van der Waals surface area contributed by atoms with Crippen LogP contribution in [0.5, 0.6) is 5.88 Å². The lowest BCUT2D eigenvalue weighted by Crippen LogP contribution is -2.20. The van der Waals surface area contributed by atoms with Gasteiger partial charge in [-0.05, 0) is 37.9 Å². The molecule has 0 spiro atoms. The molecule has 0 saturated carbocycles. The van der Waals surface area contributed by atoms with E-state index in [2.05, 4.69) is 12.0 Å². The van der Waals surface area contributed by atoms with Crippen molar-refractivity contribution in [1.82, 2.24) is 9.78 Å². The first-order chi connectivity index (χ1) is 12.5. The fraction of sp³-hybridized carbons (Fsp3) is 0.450. The van der Waals surface area contributed by atoms with E-state index < -0.39 is 0 Å². The molecule has 2 N–H and O–H groups in total. The van der Waals surface area contributed by atoms with E-state index in [1.54, 1.807) is 10.7 Å². The maximum Gasteiger partial charge on any atom is 0.251 e. The molecule has 0 aliphatic rings. The molecule has 0 aliphatic heterocycles. The van der Waals surface area contributed by atoms with Crippen molar-refractivity contribution in [3.8, 4) is 17.0 Å². The van der Waals surface area contributed by atoms with E-state index in [0.717, 1.165) is 34.2 Å². The highest BCUT2D eigenvalue weighted by molar-refractivity contribution is 7.18. The van der Waals surface area contributed by atoms with Crippen LogP contribution in [0.4, 0.5) is 4.39 Å². The SMILES string of the molecule is CC.CCC(CCN)Oc1nn(C)c2c(-c3ccc(C)cc3F)csc12. The van der Waals surface area contributed by atoms with Gasteiger partial charge in [0.1, 0.15) is 16.6 Å². The van der Waals surface area contributed by atoms with Crippen LogP contribution in [0, 0.1) is 12.7 Å². The first-order valence-corrected chi connectivity index (χ1v) is 10.0. The normalized spacial score (nSPS) is 12.0. The Morgan fingerprint density at radius 2 is 2.04 bits per heavy atom. The Morgan fingerprint density at radius 3 is 2.65 bits per heavy atom. The summed E-state index contributed by atoms with van der Waals surface area (Å²) in [5.41, 5.74) is 8.89. The number of benzene rings is 1. The second kappa shape index (κ2) is 9.14. The molecule has 3 aromatic rings. The highest BCUT2D eigenvalue weighted by Crippen LogP contribution is 2.40. The number of hydrogen-bond acceptors (Lipinski definition) is 4. The largest absolute Gasteiger partial charge is 0.472 e. The van der Waals surface area contributed by atoms with E-state index in [0.29, 0.717) is 18.0 Å². The van der Waals surface area contributed by atoms with Gasteiger partial charge in [0.05, 0.1) is 5.52 Å². The van der Waals surface area contributed by atoms with Gasteiger partial charge in [0.25, 0.3) is 5.88 Å². The third kappa shape index (κ3) is 4.07. The molecule has 0 amide bonds. The summed E-state index contributed by atoms with van der Waals surface area (Å²) in [7, 11) is 1.86. The Bertz CT molecular complexity index is 856. The fourth-order valence-corrected chi connectivity index (χ4v) is 3.87. The number of thiophene rings is 1. The molecule has 2 aromatic heterocycles. The number of rotatable bonds is 6. The van der Waals surface area contributed by atoms with E-state index >= 15 is 0 Å². The molecule has 1 unspecified atom stereocenters. The summed E-state index contributed by atoms with van der Waals surface area (Å²) in [6.07, 6.45) is 1.72. The zero-order chi connectivity index (χ0) is 19.3. The fourth-order valence-electron chi connectivity index (χ4n) is 2.85. The Kier molecular flexibility index (Phi) is 7.17. The van der Waals surface area contributed by atoms with Crippen LogP contribution in [0.1, 0.15) is 39.2 Å². The van der Waals surface area contributed by atoms with Crippen LogP contribution in [0.15, 0.2) is 23.6 Å². The van der Waals surface area contributed by atoms with Gasteiger partial charge >= 0.3 is 0 Å². The molecular formula is C20H28FN3OS. The van der Waals surface area contributed by atoms with Gasteiger partial charge in [-0.1, -0.05) is 32.9 Å². The van der Waals surface area contributed by atoms with Gasteiger partial charge in [-0.3, -0.25) is 4.68 Å². The summed E-state index contributed by atoms with van der Waals surface area (Å²) in [4.78, 5) is 0. The monoisotopic (exact) mass is 377 g/mol. The van der Waals surface area contributed by atoms with Crippen LogP contribution in [-0.4, -0.2) is 22.4 Å². The van der Waals surface area contributed by atoms with E-state index in [4.69, 9.17) is 10.5 Å². The molecule has 1 atom stereocenters. The topological polar surface area (TPSA) is 53.1 Å². The summed E-state index contributed by atoms with van der Waals surface area (Å²) in [5, 5.41) is 6.46. The van der Waals surface area contributed by atoms with Gasteiger partial charge in [-0.2, -0.15) is 0 Å². The maximum atomic E-state index is 14.4. The molecule has 0 radical (unpaired) electrons. The van der Waals surface area contributed by atoms with E-state index in [-0.39, 0.29) is 11.9 Å². The minimum Gasteiger partial charge on any atom is -0.472 e. The molecule has 0 aliphatic carbocycles. The number of aryl methyl sites for hydroxylation is 2. The van der Waals surface area contributed by atoms with E-state index in [1.807, 2.05) is 45.3 Å². The quantitative estimate of drug-likeness (QED) is 0.636. The Labute approximate surface area is 158 Å². The molecule has 0 saturated heterocycles. The molecule has 26 heavy (non-hydrogen) atoms. The van der Waals surface area contributed by atoms with Crippen LogP contribution >= 0.6 is 11.3 Å². The summed E-state index contributed by atoms with van der Waals surface area (Å²) < 4.78 is 23.1. The smallest absolute Gasteiger partial charge is 0.251 e. The average Bonchev–Trinajstić information content (AvgIpc) is 3.19. The number of hydrogen-bond donors (Lipinski definition) is 1. The van der Waals surface area contributed by atoms with Gasteiger partial charge in [-0.25, -0.2) is 4.39 Å². The number of nitrogens with zero attached hydrogens (tertiary/aromatic N) is 2. The van der Waals surface area contributed by atoms with Gasteiger partial charge in [0.15, 0.2) is 0 Å². The summed E-state index contributed by atoms with van der Waals surface area (Å²) in [6, 6.07) is 5.30. The van der Waals surface area contributed by atoms with Crippen LogP contribution in [0.3, 0.4) is 0 Å². The number of fused-ring (bicyclic) bond motifs is 1. The number of halogens is 1. The second-order valence-electron chi connectivity index (χ2n) is 5.96. The van der Waals surface area contributed by atoms with Gasteiger partial charge < -0.3 is 10.5 Å². The third-order valence-corrected chi connectivity index (χ3v) is 5.12. The predicted octanol–water partition coefficient (Wildman–Crippen LogP) is 5.28. The molecule has 2 heterocycles. The molecule has 6 heteroatoms. The van der Waals surface area contributed by atoms with Crippen molar-refractivity contribution >= 4 is 21.6 Å². The standard InChI is InChI=1S/C18H22FN3OS.C2H6/c1-4-12(7-8-20)23-18-17-16(22(3)21-18)14(10-24-17)13-6-5-11(2)9-15(13)19;1-2/h5-6,9-10,12H,4,7-8,20H2,1-3H3;1-2H3. The van der Waals surface area contributed by atoms with Gasteiger partial charge in [0.2, 0.25) is 0 Å². The predicted molar refractivity (Wildman–Crippen MR) is 108 cm³/mol. The maximum absolute atomic E-state index is 14.4. The van der Waals surface area contributed by atoms with Crippen molar-refractivity contribution in [3.05, 3.63) is 35.0 Å². The lowest BCUT2D eigenvalue weighted by Gasteiger charge is -2.14. The molecule has 3 rings (SSSR count). The first kappa shape index (κ1) is 20.4. The van der Waals surface area contributed by atoms with Crippen molar-refractivity contribution in [2.75, 3.05) is 6.54 Å². The Morgan fingerprint density at radius 1 is 1.31 bits per heavy atom. The van der Waals surface area contributed by atoms with Gasteiger partial charge in [-0.15, -0.1) is 16.4 Å².